The maximum absolute atomic E-state index is 13.4. The molecular weight excluding hydrogens is 245 g/mol. The highest BCUT2D eigenvalue weighted by Crippen LogP contribution is 2.13. The van der Waals surface area contributed by atoms with Crippen molar-refractivity contribution in [2.75, 3.05) is 7.11 Å². The Bertz CT molecular complexity index is 584. The second-order valence-electron chi connectivity index (χ2n) is 4.01. The van der Waals surface area contributed by atoms with Gasteiger partial charge in [0.1, 0.15) is 11.6 Å². The van der Waals surface area contributed by atoms with Crippen molar-refractivity contribution in [2.24, 2.45) is 0 Å². The van der Waals surface area contributed by atoms with Crippen LogP contribution in [0.25, 0.3) is 0 Å². The third-order valence-corrected chi connectivity index (χ3v) is 2.73. The molecule has 0 bridgehead atoms. The zero-order valence-electron chi connectivity index (χ0n) is 10.5. The van der Waals surface area contributed by atoms with Gasteiger partial charge in [-0.1, -0.05) is 24.3 Å². The van der Waals surface area contributed by atoms with Crippen LogP contribution in [0.2, 0.25) is 0 Å². The van der Waals surface area contributed by atoms with Crippen LogP contribution in [0.3, 0.4) is 0 Å². The van der Waals surface area contributed by atoms with Crippen molar-refractivity contribution in [3.63, 3.8) is 0 Å². The summed E-state index contributed by atoms with van der Waals surface area (Å²) in [7, 11) is 1.54. The van der Waals surface area contributed by atoms with Gasteiger partial charge < -0.3 is 10.1 Å². The summed E-state index contributed by atoms with van der Waals surface area (Å²) in [6.07, 6.45) is 0. The van der Waals surface area contributed by atoms with Crippen LogP contribution in [-0.2, 0) is 6.54 Å². The molecule has 0 saturated heterocycles. The fourth-order valence-electron chi connectivity index (χ4n) is 1.68. The Balaban J connectivity index is 2.03. The number of methoxy groups -OCH3 is 1. The second-order valence-corrected chi connectivity index (χ2v) is 4.01. The first kappa shape index (κ1) is 13.1. The molecule has 0 aliphatic heterocycles. The molecule has 2 rings (SSSR count). The lowest BCUT2D eigenvalue weighted by Crippen LogP contribution is -2.23. The van der Waals surface area contributed by atoms with Crippen molar-refractivity contribution >= 4 is 5.91 Å². The average molecular weight is 259 g/mol. The van der Waals surface area contributed by atoms with Crippen molar-refractivity contribution in [3.8, 4) is 5.75 Å². The molecule has 1 amide bonds. The van der Waals surface area contributed by atoms with Gasteiger partial charge in [-0.25, -0.2) is 4.39 Å². The summed E-state index contributed by atoms with van der Waals surface area (Å²) in [4.78, 5) is 11.9. The summed E-state index contributed by atoms with van der Waals surface area (Å²) in [5.74, 6) is 0.0223. The zero-order chi connectivity index (χ0) is 13.7. The largest absolute Gasteiger partial charge is 0.497 e. The van der Waals surface area contributed by atoms with Crippen LogP contribution in [0.1, 0.15) is 15.9 Å². The van der Waals surface area contributed by atoms with E-state index in [0.717, 1.165) is 0 Å². The summed E-state index contributed by atoms with van der Waals surface area (Å²) in [5, 5.41) is 2.67. The molecule has 4 heteroatoms. The fraction of sp³-hybridized carbons (Fsp3) is 0.133. The van der Waals surface area contributed by atoms with Crippen LogP contribution < -0.4 is 10.1 Å². The van der Waals surface area contributed by atoms with Gasteiger partial charge >= 0.3 is 0 Å². The molecule has 0 unspecified atom stereocenters. The third-order valence-electron chi connectivity index (χ3n) is 2.73. The maximum Gasteiger partial charge on any atom is 0.251 e. The Morgan fingerprint density at radius 3 is 2.74 bits per heavy atom. The molecule has 0 aliphatic rings. The molecule has 0 aromatic heterocycles. The highest BCUT2D eigenvalue weighted by molar-refractivity contribution is 5.94. The quantitative estimate of drug-likeness (QED) is 0.916. The van der Waals surface area contributed by atoms with Crippen LogP contribution in [0.5, 0.6) is 5.75 Å². The Morgan fingerprint density at radius 1 is 1.21 bits per heavy atom. The van der Waals surface area contributed by atoms with Crippen molar-refractivity contribution < 1.29 is 13.9 Å². The molecule has 2 aromatic carbocycles. The van der Waals surface area contributed by atoms with Gasteiger partial charge in [-0.3, -0.25) is 4.79 Å². The van der Waals surface area contributed by atoms with E-state index in [1.165, 1.54) is 13.2 Å². The van der Waals surface area contributed by atoms with E-state index in [4.69, 9.17) is 4.74 Å². The minimum absolute atomic E-state index is 0.155. The van der Waals surface area contributed by atoms with Crippen molar-refractivity contribution in [3.05, 3.63) is 65.5 Å². The molecule has 0 spiro atoms. The topological polar surface area (TPSA) is 38.3 Å². The molecule has 0 radical (unpaired) electrons. The number of ether oxygens (including phenoxy) is 1. The molecule has 0 atom stereocenters. The number of benzene rings is 2. The van der Waals surface area contributed by atoms with Crippen molar-refractivity contribution in [2.45, 2.75) is 6.54 Å². The van der Waals surface area contributed by atoms with E-state index in [9.17, 15) is 9.18 Å². The highest BCUT2D eigenvalue weighted by Gasteiger charge is 2.07. The van der Waals surface area contributed by atoms with E-state index in [2.05, 4.69) is 5.32 Å². The molecule has 1 N–H and O–H groups in total. The van der Waals surface area contributed by atoms with Gasteiger partial charge in [0.15, 0.2) is 0 Å². The van der Waals surface area contributed by atoms with Gasteiger partial charge in [0.05, 0.1) is 7.11 Å². The summed E-state index contributed by atoms with van der Waals surface area (Å²) in [6.45, 7) is 0.155. The predicted molar refractivity (Wildman–Crippen MR) is 70.6 cm³/mol. The summed E-state index contributed by atoms with van der Waals surface area (Å²) in [5.41, 5.74) is 0.939. The van der Waals surface area contributed by atoms with Gasteiger partial charge in [0.2, 0.25) is 0 Å². The standard InChI is InChI=1S/C15H14FNO2/c1-19-13-7-4-6-11(9-13)15(18)17-10-12-5-2-3-8-14(12)16/h2-9H,10H2,1H3,(H,17,18). The number of hydrogen-bond donors (Lipinski definition) is 1. The van der Waals surface area contributed by atoms with E-state index in [-0.39, 0.29) is 18.3 Å². The van der Waals surface area contributed by atoms with Crippen LogP contribution in [0.15, 0.2) is 48.5 Å². The number of carbonyl (C=O) groups excluding carboxylic acids is 1. The highest BCUT2D eigenvalue weighted by atomic mass is 19.1. The average Bonchev–Trinajstić information content (AvgIpc) is 2.46. The van der Waals surface area contributed by atoms with Gasteiger partial charge in [-0.2, -0.15) is 0 Å². The van der Waals surface area contributed by atoms with E-state index in [1.54, 1.807) is 42.5 Å². The minimum atomic E-state index is -0.326. The molecule has 3 nitrogen and oxygen atoms in total. The Labute approximate surface area is 111 Å². The smallest absolute Gasteiger partial charge is 0.251 e. The third kappa shape index (κ3) is 3.31. The Hall–Kier alpha value is -2.36. The van der Waals surface area contributed by atoms with Crippen LogP contribution in [0, 0.1) is 5.82 Å². The molecule has 0 fully saturated rings. The molecule has 0 aliphatic carbocycles. The first-order valence-electron chi connectivity index (χ1n) is 5.86. The molecule has 0 heterocycles. The normalized spacial score (nSPS) is 10.0. The summed E-state index contributed by atoms with van der Waals surface area (Å²) < 4.78 is 18.4. The fourth-order valence-corrected chi connectivity index (χ4v) is 1.68. The Kier molecular flexibility index (Phi) is 4.13. The van der Waals surface area contributed by atoms with Crippen LogP contribution in [0.4, 0.5) is 4.39 Å². The van der Waals surface area contributed by atoms with Crippen molar-refractivity contribution in [1.29, 1.82) is 0 Å². The number of carbonyl (C=O) groups is 1. The number of rotatable bonds is 4. The SMILES string of the molecule is COc1cccc(C(=O)NCc2ccccc2F)c1. The minimum Gasteiger partial charge on any atom is -0.497 e. The molecule has 19 heavy (non-hydrogen) atoms. The Morgan fingerprint density at radius 2 is 2.00 bits per heavy atom. The second kappa shape index (κ2) is 6.00. The van der Waals surface area contributed by atoms with E-state index in [0.29, 0.717) is 16.9 Å². The van der Waals surface area contributed by atoms with E-state index >= 15 is 0 Å². The lowest BCUT2D eigenvalue weighted by molar-refractivity contribution is 0.0950. The molecular formula is C15H14FNO2. The molecule has 2 aromatic rings. The lowest BCUT2D eigenvalue weighted by Gasteiger charge is -2.07. The number of halogens is 1. The predicted octanol–water partition coefficient (Wildman–Crippen LogP) is 2.76. The summed E-state index contributed by atoms with van der Waals surface area (Å²) >= 11 is 0. The molecule has 98 valence electrons. The number of amides is 1. The lowest BCUT2D eigenvalue weighted by atomic mass is 10.2. The van der Waals surface area contributed by atoms with E-state index in [1.807, 2.05) is 0 Å². The zero-order valence-corrected chi connectivity index (χ0v) is 10.5. The van der Waals surface area contributed by atoms with Gasteiger partial charge in [-0.05, 0) is 24.3 Å². The van der Waals surface area contributed by atoms with Crippen molar-refractivity contribution in [1.82, 2.24) is 5.32 Å². The monoisotopic (exact) mass is 259 g/mol. The van der Waals surface area contributed by atoms with Crippen LogP contribution in [-0.4, -0.2) is 13.0 Å². The van der Waals surface area contributed by atoms with Gasteiger partial charge in [0.25, 0.3) is 5.91 Å². The van der Waals surface area contributed by atoms with Gasteiger partial charge in [-0.15, -0.1) is 0 Å². The maximum atomic E-state index is 13.4. The number of nitrogens with one attached hydrogen (secondary N) is 1. The molecule has 0 saturated carbocycles. The van der Waals surface area contributed by atoms with Crippen LogP contribution >= 0.6 is 0 Å². The summed E-state index contributed by atoms with van der Waals surface area (Å²) in [6, 6.07) is 13.2. The first-order valence-corrected chi connectivity index (χ1v) is 5.86. The number of hydrogen-bond acceptors (Lipinski definition) is 2. The first-order chi connectivity index (χ1) is 9.20. The van der Waals surface area contributed by atoms with E-state index < -0.39 is 0 Å². The van der Waals surface area contributed by atoms with Gasteiger partial charge in [0, 0.05) is 17.7 Å².